The summed E-state index contributed by atoms with van der Waals surface area (Å²) in [5.41, 5.74) is 1.95. The van der Waals surface area contributed by atoms with Gasteiger partial charge in [0, 0.05) is 12.0 Å². The highest BCUT2D eigenvalue weighted by atomic mass is 16.3. The van der Waals surface area contributed by atoms with Gasteiger partial charge in [-0.05, 0) is 42.4 Å². The lowest BCUT2D eigenvalue weighted by Gasteiger charge is -2.36. The average molecular weight is 216 g/mol. The van der Waals surface area contributed by atoms with E-state index in [9.17, 15) is 9.90 Å². The van der Waals surface area contributed by atoms with Crippen molar-refractivity contribution in [3.8, 4) is 5.75 Å². The van der Waals surface area contributed by atoms with E-state index in [0.29, 0.717) is 18.3 Å². The van der Waals surface area contributed by atoms with Crippen LogP contribution in [0.4, 0.5) is 0 Å². The first kappa shape index (κ1) is 9.88. The molecule has 2 nitrogen and oxygen atoms in total. The maximum Gasteiger partial charge on any atom is 0.163 e. The van der Waals surface area contributed by atoms with Crippen molar-refractivity contribution in [2.24, 2.45) is 5.92 Å². The van der Waals surface area contributed by atoms with Crippen molar-refractivity contribution in [1.29, 1.82) is 0 Å². The highest BCUT2D eigenvalue weighted by Crippen LogP contribution is 2.45. The van der Waals surface area contributed by atoms with Crippen LogP contribution in [0.5, 0.6) is 5.75 Å². The number of phenolic OH excluding ortho intramolecular Hbond substituents is 1. The van der Waals surface area contributed by atoms with Gasteiger partial charge in [0.25, 0.3) is 0 Å². The molecule has 2 atom stereocenters. The maximum absolute atomic E-state index is 12.0. The Morgan fingerprint density at radius 3 is 2.88 bits per heavy atom. The van der Waals surface area contributed by atoms with E-state index in [0.717, 1.165) is 5.56 Å². The summed E-state index contributed by atoms with van der Waals surface area (Å²) in [6.07, 6.45) is 5.62. The summed E-state index contributed by atoms with van der Waals surface area (Å²) in [7, 11) is 0. The molecule has 1 N–H and O–H groups in total. The number of rotatable bonds is 0. The third kappa shape index (κ3) is 1.44. The summed E-state index contributed by atoms with van der Waals surface area (Å²) >= 11 is 0. The van der Waals surface area contributed by atoms with Gasteiger partial charge in [-0.25, -0.2) is 0 Å². The molecule has 2 aliphatic rings. The third-order valence-corrected chi connectivity index (χ3v) is 4.09. The van der Waals surface area contributed by atoms with Gasteiger partial charge in [-0.2, -0.15) is 0 Å². The number of carbonyl (C=O) groups excluding carboxylic acids is 1. The monoisotopic (exact) mass is 216 g/mol. The first-order chi connectivity index (χ1) is 7.75. The van der Waals surface area contributed by atoms with Crippen LogP contribution in [0.3, 0.4) is 0 Å². The molecule has 1 aromatic carbocycles. The highest BCUT2D eigenvalue weighted by molar-refractivity contribution is 5.99. The summed E-state index contributed by atoms with van der Waals surface area (Å²) in [6.45, 7) is 0. The predicted molar refractivity (Wildman–Crippen MR) is 61.8 cm³/mol. The van der Waals surface area contributed by atoms with Crippen molar-refractivity contribution in [3.05, 3.63) is 29.3 Å². The molecule has 0 aromatic heterocycles. The third-order valence-electron chi connectivity index (χ3n) is 4.09. The fourth-order valence-electron chi connectivity index (χ4n) is 3.32. The zero-order valence-electron chi connectivity index (χ0n) is 9.28. The van der Waals surface area contributed by atoms with Crippen LogP contribution in [0.15, 0.2) is 18.2 Å². The summed E-state index contributed by atoms with van der Waals surface area (Å²) in [5, 5.41) is 9.45. The number of hydrogen-bond acceptors (Lipinski definition) is 2. The summed E-state index contributed by atoms with van der Waals surface area (Å²) < 4.78 is 0. The number of carbonyl (C=O) groups is 1. The minimum Gasteiger partial charge on any atom is -0.508 e. The van der Waals surface area contributed by atoms with Crippen molar-refractivity contribution >= 4 is 5.78 Å². The van der Waals surface area contributed by atoms with Gasteiger partial charge in [-0.1, -0.05) is 18.9 Å². The van der Waals surface area contributed by atoms with Crippen LogP contribution in [0, 0.1) is 5.92 Å². The Bertz CT molecular complexity index is 436. The SMILES string of the molecule is O=C1C[C@H]2CCCC[C@H]2c2ccc(O)cc21. The van der Waals surface area contributed by atoms with Crippen LogP contribution in [0.25, 0.3) is 0 Å². The first-order valence-corrected chi connectivity index (χ1v) is 6.12. The van der Waals surface area contributed by atoms with E-state index in [4.69, 9.17) is 0 Å². The van der Waals surface area contributed by atoms with E-state index < -0.39 is 0 Å². The van der Waals surface area contributed by atoms with Gasteiger partial charge in [0.15, 0.2) is 5.78 Å². The Labute approximate surface area is 95.3 Å². The number of ketones is 1. The lowest BCUT2D eigenvalue weighted by Crippen LogP contribution is -2.27. The van der Waals surface area contributed by atoms with E-state index >= 15 is 0 Å². The van der Waals surface area contributed by atoms with Crippen molar-refractivity contribution in [1.82, 2.24) is 0 Å². The van der Waals surface area contributed by atoms with E-state index in [1.165, 1.54) is 31.2 Å². The minimum absolute atomic E-state index is 0.210. The lowest BCUT2D eigenvalue weighted by molar-refractivity contribution is 0.0919. The number of fused-ring (bicyclic) bond motifs is 3. The van der Waals surface area contributed by atoms with Gasteiger partial charge in [0.05, 0.1) is 0 Å². The van der Waals surface area contributed by atoms with Crippen LogP contribution in [0.2, 0.25) is 0 Å². The zero-order valence-corrected chi connectivity index (χ0v) is 9.28. The summed E-state index contributed by atoms with van der Waals surface area (Å²) in [4.78, 5) is 12.0. The number of aromatic hydroxyl groups is 1. The zero-order chi connectivity index (χ0) is 11.1. The molecule has 3 rings (SSSR count). The Hall–Kier alpha value is -1.31. The van der Waals surface area contributed by atoms with Crippen LogP contribution in [0.1, 0.15) is 53.9 Å². The van der Waals surface area contributed by atoms with Gasteiger partial charge in [-0.3, -0.25) is 4.79 Å². The Kier molecular flexibility index (Phi) is 2.23. The van der Waals surface area contributed by atoms with Crippen molar-refractivity contribution in [2.75, 3.05) is 0 Å². The van der Waals surface area contributed by atoms with E-state index in [-0.39, 0.29) is 11.5 Å². The smallest absolute Gasteiger partial charge is 0.163 e. The van der Waals surface area contributed by atoms with Gasteiger partial charge in [0.2, 0.25) is 0 Å². The largest absolute Gasteiger partial charge is 0.508 e. The van der Waals surface area contributed by atoms with Crippen molar-refractivity contribution < 1.29 is 9.90 Å². The maximum atomic E-state index is 12.0. The molecule has 0 amide bonds. The van der Waals surface area contributed by atoms with Crippen LogP contribution >= 0.6 is 0 Å². The van der Waals surface area contributed by atoms with Crippen molar-refractivity contribution in [2.45, 2.75) is 38.0 Å². The Balaban J connectivity index is 2.08. The molecule has 0 spiro atoms. The molecular formula is C14H16O2. The molecule has 1 saturated carbocycles. The second kappa shape index (κ2) is 3.62. The molecular weight excluding hydrogens is 200 g/mol. The molecule has 1 fully saturated rings. The highest BCUT2D eigenvalue weighted by Gasteiger charge is 2.35. The fourth-order valence-corrected chi connectivity index (χ4v) is 3.32. The van der Waals surface area contributed by atoms with Gasteiger partial charge in [0.1, 0.15) is 5.75 Å². The molecule has 2 heteroatoms. The number of benzene rings is 1. The van der Waals surface area contributed by atoms with Gasteiger partial charge < -0.3 is 5.11 Å². The quantitative estimate of drug-likeness (QED) is 0.722. The second-order valence-corrected chi connectivity index (χ2v) is 5.05. The topological polar surface area (TPSA) is 37.3 Å². The lowest BCUT2D eigenvalue weighted by atomic mass is 9.68. The predicted octanol–water partition coefficient (Wildman–Crippen LogP) is 3.25. The van der Waals surface area contributed by atoms with Crippen LogP contribution in [-0.2, 0) is 0 Å². The Morgan fingerprint density at radius 2 is 2.00 bits per heavy atom. The average Bonchev–Trinajstić information content (AvgIpc) is 2.29. The van der Waals surface area contributed by atoms with Crippen LogP contribution in [-0.4, -0.2) is 10.9 Å². The molecule has 0 aliphatic heterocycles. The normalized spacial score (nSPS) is 28.4. The molecule has 16 heavy (non-hydrogen) atoms. The van der Waals surface area contributed by atoms with E-state index in [1.54, 1.807) is 12.1 Å². The molecule has 0 saturated heterocycles. The van der Waals surface area contributed by atoms with Gasteiger partial charge >= 0.3 is 0 Å². The van der Waals surface area contributed by atoms with E-state index in [1.807, 2.05) is 6.07 Å². The second-order valence-electron chi connectivity index (χ2n) is 5.05. The number of Topliss-reactive ketones (excluding diaryl/α,β-unsaturated/α-hetero) is 1. The molecule has 0 radical (unpaired) electrons. The number of hydrogen-bond donors (Lipinski definition) is 1. The first-order valence-electron chi connectivity index (χ1n) is 6.12. The minimum atomic E-state index is 0.210. The Morgan fingerprint density at radius 1 is 1.19 bits per heavy atom. The van der Waals surface area contributed by atoms with E-state index in [2.05, 4.69) is 0 Å². The summed E-state index contributed by atoms with van der Waals surface area (Å²) in [6, 6.07) is 5.30. The summed E-state index contributed by atoms with van der Waals surface area (Å²) in [5.74, 6) is 1.54. The molecule has 0 unspecified atom stereocenters. The fraction of sp³-hybridized carbons (Fsp3) is 0.500. The van der Waals surface area contributed by atoms with Crippen molar-refractivity contribution in [3.63, 3.8) is 0 Å². The standard InChI is InChI=1S/C14H16O2/c15-10-5-6-12-11-4-2-1-3-9(11)7-14(16)13(12)8-10/h5-6,8-9,11,15H,1-4,7H2/t9-,11-/m1/s1. The molecule has 0 heterocycles. The van der Waals surface area contributed by atoms with Gasteiger partial charge in [-0.15, -0.1) is 0 Å². The molecule has 2 aliphatic carbocycles. The van der Waals surface area contributed by atoms with Crippen LogP contribution < -0.4 is 0 Å². The molecule has 0 bridgehead atoms. The number of phenols is 1. The molecule has 1 aromatic rings. The molecule has 84 valence electrons.